The van der Waals surface area contributed by atoms with Crippen LogP contribution in [-0.4, -0.2) is 23.0 Å². The zero-order valence-electron chi connectivity index (χ0n) is 8.23. The lowest BCUT2D eigenvalue weighted by Crippen LogP contribution is -2.08. The van der Waals surface area contributed by atoms with Crippen molar-refractivity contribution in [1.29, 1.82) is 0 Å². The molecule has 0 fully saturated rings. The second kappa shape index (κ2) is 4.26. The van der Waals surface area contributed by atoms with Crippen LogP contribution in [0.5, 0.6) is 5.88 Å². The summed E-state index contributed by atoms with van der Waals surface area (Å²) in [7, 11) is 0. The number of nitrogen functional groups attached to an aromatic ring is 1. The zero-order chi connectivity index (χ0) is 11.5. The number of nitrogens with two attached hydrogens (primary N) is 1. The minimum absolute atomic E-state index is 0.144. The first-order chi connectivity index (χ1) is 7.66. The number of rotatable bonds is 3. The highest BCUT2D eigenvalue weighted by molar-refractivity contribution is 5.85. The van der Waals surface area contributed by atoms with Crippen LogP contribution in [0.1, 0.15) is 0 Å². The van der Waals surface area contributed by atoms with Gasteiger partial charge in [-0.2, -0.15) is 0 Å². The molecule has 0 saturated heterocycles. The van der Waals surface area contributed by atoms with Crippen LogP contribution in [0.15, 0.2) is 24.5 Å². The molecule has 0 atom stereocenters. The Morgan fingerprint density at radius 1 is 1.31 bits per heavy atom. The molecule has 16 heavy (non-hydrogen) atoms. The van der Waals surface area contributed by atoms with Gasteiger partial charge in [0, 0.05) is 5.69 Å². The fourth-order valence-electron chi connectivity index (χ4n) is 1.31. The number of fused-ring (bicyclic) bond motifs is 1. The van der Waals surface area contributed by atoms with Crippen molar-refractivity contribution < 1.29 is 13.5 Å². The van der Waals surface area contributed by atoms with Crippen LogP contribution in [-0.2, 0) is 0 Å². The number of anilines is 1. The molecule has 0 spiro atoms. The molecule has 2 N–H and O–H groups in total. The lowest BCUT2D eigenvalue weighted by molar-refractivity contribution is 0.0804. The van der Waals surface area contributed by atoms with Crippen molar-refractivity contribution >= 4 is 16.6 Å². The maximum atomic E-state index is 12.0. The van der Waals surface area contributed by atoms with Crippen LogP contribution in [0, 0.1) is 0 Å². The summed E-state index contributed by atoms with van der Waals surface area (Å²) in [5.41, 5.74) is 6.69. The number of hydrogen-bond donors (Lipinski definition) is 1. The first-order valence-corrected chi connectivity index (χ1v) is 4.58. The number of ether oxygens (including phenoxy) is 1. The molecule has 4 nitrogen and oxygen atoms in total. The molecule has 0 aliphatic carbocycles. The number of alkyl halides is 2. The molecule has 0 aliphatic heterocycles. The zero-order valence-corrected chi connectivity index (χ0v) is 8.23. The molecule has 84 valence electrons. The third kappa shape index (κ3) is 2.16. The van der Waals surface area contributed by atoms with Crippen molar-refractivity contribution in [2.75, 3.05) is 12.3 Å². The molecule has 1 heterocycles. The molecular formula is C10H9F2N3O. The van der Waals surface area contributed by atoms with E-state index in [1.165, 1.54) is 6.33 Å². The van der Waals surface area contributed by atoms with E-state index >= 15 is 0 Å². The average molecular weight is 225 g/mol. The molecule has 2 aromatic rings. The molecule has 0 amide bonds. The van der Waals surface area contributed by atoms with Gasteiger partial charge in [0.2, 0.25) is 5.88 Å². The van der Waals surface area contributed by atoms with Gasteiger partial charge >= 0.3 is 0 Å². The smallest absolute Gasteiger partial charge is 0.272 e. The molecule has 1 aromatic carbocycles. The fraction of sp³-hybridized carbons (Fsp3) is 0.200. The summed E-state index contributed by atoms with van der Waals surface area (Å²) in [5.74, 6) is 0.144. The van der Waals surface area contributed by atoms with Crippen LogP contribution in [0.2, 0.25) is 0 Å². The van der Waals surface area contributed by atoms with E-state index in [1.807, 2.05) is 0 Å². The van der Waals surface area contributed by atoms with E-state index in [9.17, 15) is 8.78 Å². The Balaban J connectivity index is 2.38. The number of halogens is 2. The lowest BCUT2D eigenvalue weighted by Gasteiger charge is -2.07. The maximum absolute atomic E-state index is 12.0. The summed E-state index contributed by atoms with van der Waals surface area (Å²) in [5, 5.41) is 0.567. The van der Waals surface area contributed by atoms with Crippen molar-refractivity contribution in [3.8, 4) is 5.88 Å². The molecule has 0 bridgehead atoms. The Hall–Kier alpha value is -1.98. The topological polar surface area (TPSA) is 61.0 Å². The molecule has 0 saturated carbocycles. The fourth-order valence-corrected chi connectivity index (χ4v) is 1.31. The molecule has 6 heteroatoms. The normalized spacial score (nSPS) is 10.9. The van der Waals surface area contributed by atoms with Crippen LogP contribution in [0.3, 0.4) is 0 Å². The van der Waals surface area contributed by atoms with Gasteiger partial charge in [-0.05, 0) is 18.2 Å². The van der Waals surface area contributed by atoms with Crippen LogP contribution in [0.4, 0.5) is 14.5 Å². The highest BCUT2D eigenvalue weighted by Crippen LogP contribution is 2.23. The van der Waals surface area contributed by atoms with E-state index in [1.54, 1.807) is 18.2 Å². The number of nitrogens with zero attached hydrogens (tertiary/aromatic N) is 2. The van der Waals surface area contributed by atoms with Gasteiger partial charge < -0.3 is 10.5 Å². The Morgan fingerprint density at radius 2 is 2.12 bits per heavy atom. The van der Waals surface area contributed by atoms with Gasteiger partial charge in [0.15, 0.2) is 6.61 Å². The third-order valence-electron chi connectivity index (χ3n) is 1.97. The minimum atomic E-state index is -2.53. The summed E-state index contributed by atoms with van der Waals surface area (Å²) in [6.07, 6.45) is -1.28. The minimum Gasteiger partial charge on any atom is -0.471 e. The number of hydrogen-bond acceptors (Lipinski definition) is 4. The van der Waals surface area contributed by atoms with Crippen molar-refractivity contribution in [1.82, 2.24) is 9.97 Å². The average Bonchev–Trinajstić information content (AvgIpc) is 2.25. The quantitative estimate of drug-likeness (QED) is 0.810. The predicted molar refractivity (Wildman–Crippen MR) is 55.4 cm³/mol. The largest absolute Gasteiger partial charge is 0.471 e. The lowest BCUT2D eigenvalue weighted by atomic mass is 10.2. The summed E-state index contributed by atoms with van der Waals surface area (Å²) >= 11 is 0. The molecule has 0 unspecified atom stereocenters. The molecular weight excluding hydrogens is 216 g/mol. The van der Waals surface area contributed by atoms with Gasteiger partial charge in [0.25, 0.3) is 6.43 Å². The van der Waals surface area contributed by atoms with Gasteiger partial charge in [0.05, 0.1) is 10.9 Å². The predicted octanol–water partition coefficient (Wildman–Crippen LogP) is 1.86. The van der Waals surface area contributed by atoms with Crippen LogP contribution in [0.25, 0.3) is 10.9 Å². The maximum Gasteiger partial charge on any atom is 0.272 e. The number of benzene rings is 1. The van der Waals surface area contributed by atoms with E-state index in [0.717, 1.165) is 0 Å². The standard InChI is InChI=1S/C10H9F2N3O/c11-9(12)4-16-10-7-2-1-6(13)3-8(7)14-5-15-10/h1-3,5,9H,4,13H2. The van der Waals surface area contributed by atoms with Gasteiger partial charge in [-0.3, -0.25) is 0 Å². The highest BCUT2D eigenvalue weighted by atomic mass is 19.3. The van der Waals surface area contributed by atoms with E-state index in [-0.39, 0.29) is 5.88 Å². The number of aromatic nitrogens is 2. The van der Waals surface area contributed by atoms with Crippen molar-refractivity contribution in [2.24, 2.45) is 0 Å². The molecule has 0 aliphatic rings. The van der Waals surface area contributed by atoms with Gasteiger partial charge in [-0.1, -0.05) is 0 Å². The summed E-state index contributed by atoms with van der Waals surface area (Å²) in [6, 6.07) is 4.92. The van der Waals surface area contributed by atoms with E-state index in [0.29, 0.717) is 16.6 Å². The Morgan fingerprint density at radius 3 is 2.88 bits per heavy atom. The van der Waals surface area contributed by atoms with Gasteiger partial charge in [-0.25, -0.2) is 18.7 Å². The highest BCUT2D eigenvalue weighted by Gasteiger charge is 2.08. The first kappa shape index (κ1) is 10.5. The van der Waals surface area contributed by atoms with Crippen LogP contribution < -0.4 is 10.5 Å². The van der Waals surface area contributed by atoms with E-state index in [2.05, 4.69) is 9.97 Å². The second-order valence-electron chi connectivity index (χ2n) is 3.16. The van der Waals surface area contributed by atoms with E-state index < -0.39 is 13.0 Å². The van der Waals surface area contributed by atoms with Crippen molar-refractivity contribution in [2.45, 2.75) is 6.43 Å². The Kier molecular flexibility index (Phi) is 2.80. The molecule has 0 radical (unpaired) electrons. The third-order valence-corrected chi connectivity index (χ3v) is 1.97. The SMILES string of the molecule is Nc1ccc2c(OCC(F)F)ncnc2c1. The van der Waals surface area contributed by atoms with Crippen molar-refractivity contribution in [3.05, 3.63) is 24.5 Å². The first-order valence-electron chi connectivity index (χ1n) is 4.58. The van der Waals surface area contributed by atoms with Gasteiger partial charge in [-0.15, -0.1) is 0 Å². The Labute approximate surface area is 90.1 Å². The summed E-state index contributed by atoms with van der Waals surface area (Å²) in [4.78, 5) is 7.77. The summed E-state index contributed by atoms with van der Waals surface area (Å²) in [6.45, 7) is -0.684. The van der Waals surface area contributed by atoms with Crippen molar-refractivity contribution in [3.63, 3.8) is 0 Å². The summed E-state index contributed by atoms with van der Waals surface area (Å²) < 4.78 is 28.9. The second-order valence-corrected chi connectivity index (χ2v) is 3.16. The van der Waals surface area contributed by atoms with E-state index in [4.69, 9.17) is 10.5 Å². The molecule has 1 aromatic heterocycles. The molecule has 2 rings (SSSR count). The van der Waals surface area contributed by atoms with Gasteiger partial charge in [0.1, 0.15) is 6.33 Å². The monoisotopic (exact) mass is 225 g/mol. The van der Waals surface area contributed by atoms with Crippen LogP contribution >= 0.6 is 0 Å². The Bertz CT molecular complexity index is 504.